The van der Waals surface area contributed by atoms with Crippen molar-refractivity contribution in [2.75, 3.05) is 20.4 Å². The number of ether oxygens (including phenoxy) is 2. The zero-order valence-corrected chi connectivity index (χ0v) is 16.3. The molecule has 6 atom stereocenters. The second kappa shape index (κ2) is 5.59. The van der Waals surface area contributed by atoms with Gasteiger partial charge in [-0.15, -0.1) is 0 Å². The summed E-state index contributed by atoms with van der Waals surface area (Å²) in [6, 6.07) is 8.30. The van der Waals surface area contributed by atoms with Crippen LogP contribution in [0.5, 0.6) is 0 Å². The van der Waals surface area contributed by atoms with Crippen molar-refractivity contribution in [1.29, 1.82) is 0 Å². The highest BCUT2D eigenvalue weighted by Crippen LogP contribution is 2.59. The van der Waals surface area contributed by atoms with Crippen LogP contribution < -0.4 is 0 Å². The van der Waals surface area contributed by atoms with Crippen molar-refractivity contribution in [2.45, 2.75) is 50.0 Å². The number of fused-ring (bicyclic) bond motifs is 4. The summed E-state index contributed by atoms with van der Waals surface area (Å²) in [5, 5.41) is 12.5. The first-order valence-electron chi connectivity index (χ1n) is 10.3. The van der Waals surface area contributed by atoms with Gasteiger partial charge in [-0.1, -0.05) is 18.2 Å². The number of esters is 1. The van der Waals surface area contributed by atoms with Crippen LogP contribution >= 0.6 is 0 Å². The van der Waals surface area contributed by atoms with Crippen molar-refractivity contribution in [3.63, 3.8) is 0 Å². The molecule has 2 unspecified atom stereocenters. The Labute approximate surface area is 164 Å². The molecule has 6 rings (SSSR count). The summed E-state index contributed by atoms with van der Waals surface area (Å²) in [6.07, 6.45) is 1.81. The normalized spacial score (nSPS) is 38.9. The van der Waals surface area contributed by atoms with Crippen molar-refractivity contribution < 1.29 is 19.4 Å². The van der Waals surface area contributed by atoms with Gasteiger partial charge in [-0.2, -0.15) is 0 Å². The smallest absolute Gasteiger partial charge is 0.319 e. The number of carbonyl (C=O) groups is 1. The first-order chi connectivity index (χ1) is 13.6. The molecular weight excluding hydrogens is 356 g/mol. The fourth-order valence-electron chi connectivity index (χ4n) is 6.87. The number of hydrogen-bond donors (Lipinski definition) is 1. The van der Waals surface area contributed by atoms with E-state index in [1.165, 1.54) is 12.7 Å². The lowest BCUT2D eigenvalue weighted by Gasteiger charge is -2.58. The molecule has 1 aromatic carbocycles. The lowest BCUT2D eigenvalue weighted by atomic mass is 9.56. The van der Waals surface area contributed by atoms with Gasteiger partial charge in [-0.05, 0) is 37.8 Å². The number of hydrogen-bond acceptors (Lipinski definition) is 5. The highest BCUT2D eigenvalue weighted by Gasteiger charge is 2.65. The highest BCUT2D eigenvalue weighted by atomic mass is 16.5. The molecule has 2 aromatic rings. The molecule has 148 valence electrons. The lowest BCUT2D eigenvalue weighted by Crippen LogP contribution is -2.68. The Morgan fingerprint density at radius 3 is 3.00 bits per heavy atom. The monoisotopic (exact) mass is 382 g/mol. The number of benzene rings is 1. The van der Waals surface area contributed by atoms with Gasteiger partial charge in [0.2, 0.25) is 0 Å². The molecule has 1 saturated heterocycles. The van der Waals surface area contributed by atoms with E-state index in [1.807, 2.05) is 12.1 Å². The van der Waals surface area contributed by atoms with E-state index in [4.69, 9.17) is 9.47 Å². The number of nitrogens with zero attached hydrogens (tertiary/aromatic N) is 2. The van der Waals surface area contributed by atoms with Crippen LogP contribution in [0.2, 0.25) is 0 Å². The van der Waals surface area contributed by atoms with Crippen molar-refractivity contribution in [2.24, 2.45) is 11.8 Å². The van der Waals surface area contributed by atoms with Crippen LogP contribution in [0.25, 0.3) is 10.9 Å². The summed E-state index contributed by atoms with van der Waals surface area (Å²) in [5.41, 5.74) is 2.48. The number of para-hydroxylation sites is 1. The predicted molar refractivity (Wildman–Crippen MR) is 103 cm³/mol. The molecule has 6 nitrogen and oxygen atoms in total. The number of rotatable bonds is 1. The molecule has 1 N–H and O–H groups in total. The Balaban J connectivity index is 1.74. The van der Waals surface area contributed by atoms with Crippen LogP contribution in [0.3, 0.4) is 0 Å². The Hall–Kier alpha value is -1.89. The zero-order valence-electron chi connectivity index (χ0n) is 16.3. The third-order valence-corrected chi connectivity index (χ3v) is 7.89. The lowest BCUT2D eigenvalue weighted by molar-refractivity contribution is -0.197. The quantitative estimate of drug-likeness (QED) is 0.766. The number of aromatic nitrogens is 1. The maximum Gasteiger partial charge on any atom is 0.319 e. The Morgan fingerprint density at radius 1 is 1.36 bits per heavy atom. The maximum atomic E-state index is 13.5. The number of methoxy groups -OCH3 is 1. The molecule has 28 heavy (non-hydrogen) atoms. The van der Waals surface area contributed by atoms with Gasteiger partial charge in [0.15, 0.2) is 0 Å². The fraction of sp³-hybridized carbons (Fsp3) is 0.591. The molecule has 3 aliphatic heterocycles. The van der Waals surface area contributed by atoms with Crippen molar-refractivity contribution in [3.8, 4) is 0 Å². The summed E-state index contributed by atoms with van der Waals surface area (Å²) in [7, 11) is 1.50. The molecule has 1 aromatic heterocycles. The zero-order chi connectivity index (χ0) is 19.2. The average molecular weight is 382 g/mol. The molecule has 1 saturated carbocycles. The first-order valence-corrected chi connectivity index (χ1v) is 10.3. The third-order valence-electron chi connectivity index (χ3n) is 7.89. The molecule has 2 bridgehead atoms. The van der Waals surface area contributed by atoms with Gasteiger partial charge in [0, 0.05) is 35.5 Å². The maximum absolute atomic E-state index is 13.5. The van der Waals surface area contributed by atoms with Gasteiger partial charge < -0.3 is 19.1 Å². The third kappa shape index (κ3) is 1.82. The standard InChI is InChI=1S/C22H26N2O4/c1-12-16-9-13-10-22(21(26)27-2)18(16)23(11-28-12)8-7-15-14-5-3-4-6-17(14)24(19(15)22)20(13)25/h3-6,12-13,16,18,20,25H,7-11H2,1-2H3/t12-,13+,16?,18-,20?,22-/m0/s1. The molecule has 0 radical (unpaired) electrons. The minimum atomic E-state index is -0.746. The van der Waals surface area contributed by atoms with Crippen molar-refractivity contribution in [1.82, 2.24) is 9.47 Å². The van der Waals surface area contributed by atoms with Gasteiger partial charge in [0.25, 0.3) is 0 Å². The first kappa shape index (κ1) is 17.0. The Bertz CT molecular complexity index is 984. The Kier molecular flexibility index (Phi) is 3.39. The molecule has 4 heterocycles. The van der Waals surface area contributed by atoms with Crippen LogP contribution in [-0.4, -0.2) is 53.1 Å². The van der Waals surface area contributed by atoms with E-state index in [-0.39, 0.29) is 30.0 Å². The summed E-state index contributed by atoms with van der Waals surface area (Å²) in [4.78, 5) is 15.9. The van der Waals surface area contributed by atoms with E-state index >= 15 is 0 Å². The molecule has 6 heteroatoms. The average Bonchev–Trinajstić information content (AvgIpc) is 2.97. The van der Waals surface area contributed by atoms with Crippen LogP contribution in [0, 0.1) is 11.8 Å². The molecular formula is C22H26N2O4. The van der Waals surface area contributed by atoms with E-state index in [0.29, 0.717) is 13.2 Å². The topological polar surface area (TPSA) is 63.9 Å². The van der Waals surface area contributed by atoms with Crippen molar-refractivity contribution in [3.05, 3.63) is 35.5 Å². The van der Waals surface area contributed by atoms with Crippen LogP contribution in [-0.2, 0) is 26.1 Å². The minimum absolute atomic E-state index is 0.0145. The Morgan fingerprint density at radius 2 is 2.18 bits per heavy atom. The van der Waals surface area contributed by atoms with Gasteiger partial charge in [-0.25, -0.2) is 0 Å². The van der Waals surface area contributed by atoms with E-state index in [2.05, 4.69) is 28.5 Å². The summed E-state index contributed by atoms with van der Waals surface area (Å²) < 4.78 is 13.6. The molecule has 2 fully saturated rings. The van der Waals surface area contributed by atoms with E-state index in [0.717, 1.165) is 36.0 Å². The summed E-state index contributed by atoms with van der Waals surface area (Å²) in [5.74, 6) is 0.0602. The SMILES string of the molecule is COC(=O)[C@]12C[C@H]3CC4[C@H](C)OCN(CCc5c1n(c1ccccc51)C3O)[C@@H]42. The van der Waals surface area contributed by atoms with E-state index < -0.39 is 11.6 Å². The highest BCUT2D eigenvalue weighted by molar-refractivity contribution is 5.93. The summed E-state index contributed by atoms with van der Waals surface area (Å²) in [6.45, 7) is 3.52. The van der Waals surface area contributed by atoms with Crippen molar-refractivity contribution >= 4 is 16.9 Å². The number of aliphatic hydroxyl groups excluding tert-OH is 1. The van der Waals surface area contributed by atoms with Gasteiger partial charge >= 0.3 is 5.97 Å². The predicted octanol–water partition coefficient (Wildman–Crippen LogP) is 2.19. The number of aliphatic hydroxyl groups is 1. The van der Waals surface area contributed by atoms with Gasteiger partial charge in [0.1, 0.15) is 11.6 Å². The molecule has 0 amide bonds. The molecule has 1 aliphatic carbocycles. The largest absolute Gasteiger partial charge is 0.468 e. The van der Waals surface area contributed by atoms with Crippen LogP contribution in [0.1, 0.15) is 37.3 Å². The second-order valence-corrected chi connectivity index (χ2v) is 8.96. The van der Waals surface area contributed by atoms with E-state index in [9.17, 15) is 9.90 Å². The fourth-order valence-corrected chi connectivity index (χ4v) is 6.87. The number of carbonyl (C=O) groups excluding carboxylic acids is 1. The van der Waals surface area contributed by atoms with Gasteiger partial charge in [-0.3, -0.25) is 9.69 Å². The minimum Gasteiger partial charge on any atom is -0.468 e. The molecule has 0 spiro atoms. The van der Waals surface area contributed by atoms with Gasteiger partial charge in [0.05, 0.1) is 25.5 Å². The van der Waals surface area contributed by atoms with Crippen LogP contribution in [0.4, 0.5) is 0 Å². The van der Waals surface area contributed by atoms with Crippen LogP contribution in [0.15, 0.2) is 24.3 Å². The van der Waals surface area contributed by atoms with E-state index in [1.54, 1.807) is 0 Å². The molecule has 4 aliphatic rings. The summed E-state index contributed by atoms with van der Waals surface area (Å²) >= 11 is 0. The second-order valence-electron chi connectivity index (χ2n) is 8.96.